The second-order valence-corrected chi connectivity index (χ2v) is 6.47. The molecule has 0 amide bonds. The Kier molecular flexibility index (Phi) is 7.52. The van der Waals surface area contributed by atoms with E-state index in [1.807, 2.05) is 25.1 Å². The van der Waals surface area contributed by atoms with Crippen LogP contribution >= 0.6 is 0 Å². The molecule has 0 heterocycles. The van der Waals surface area contributed by atoms with Crippen LogP contribution in [0, 0.1) is 6.92 Å². The summed E-state index contributed by atoms with van der Waals surface area (Å²) in [6.07, 6.45) is 7.00. The van der Waals surface area contributed by atoms with Crippen molar-refractivity contribution in [1.82, 2.24) is 0 Å². The smallest absolute Gasteiger partial charge is 0.196 e. The van der Waals surface area contributed by atoms with Crippen molar-refractivity contribution < 1.29 is 14.6 Å². The van der Waals surface area contributed by atoms with Crippen molar-refractivity contribution in [2.75, 3.05) is 6.61 Å². The Labute approximate surface area is 150 Å². The SMILES string of the molecule is CCCCCCCCOc1c(O)cc(C)cc1C(=O)c1ccccc1. The number of hydrogen-bond donors (Lipinski definition) is 1. The minimum atomic E-state index is -0.127. The van der Waals surface area contributed by atoms with E-state index in [0.29, 0.717) is 23.5 Å². The summed E-state index contributed by atoms with van der Waals surface area (Å²) in [7, 11) is 0. The summed E-state index contributed by atoms with van der Waals surface area (Å²) in [5.74, 6) is 0.204. The second kappa shape index (κ2) is 9.87. The minimum Gasteiger partial charge on any atom is -0.504 e. The lowest BCUT2D eigenvalue weighted by molar-refractivity contribution is 0.103. The molecule has 0 saturated carbocycles. The van der Waals surface area contributed by atoms with Crippen molar-refractivity contribution in [1.29, 1.82) is 0 Å². The molecule has 0 aromatic heterocycles. The van der Waals surface area contributed by atoms with Crippen LogP contribution in [0.1, 0.15) is 66.9 Å². The highest BCUT2D eigenvalue weighted by molar-refractivity contribution is 6.11. The van der Waals surface area contributed by atoms with Gasteiger partial charge in [-0.1, -0.05) is 69.4 Å². The number of benzene rings is 2. The predicted octanol–water partition coefficient (Wildman–Crippen LogP) is 5.67. The summed E-state index contributed by atoms with van der Waals surface area (Å²) in [6.45, 7) is 4.57. The Bertz CT molecular complexity index is 677. The molecular weight excluding hydrogens is 312 g/mol. The number of unbranched alkanes of at least 4 members (excludes halogenated alkanes) is 5. The Morgan fingerprint density at radius 1 is 1.00 bits per heavy atom. The maximum absolute atomic E-state index is 12.8. The lowest BCUT2D eigenvalue weighted by Gasteiger charge is -2.14. The first kappa shape index (κ1) is 19.0. The molecule has 25 heavy (non-hydrogen) atoms. The van der Waals surface area contributed by atoms with E-state index in [1.165, 1.54) is 25.7 Å². The number of ketones is 1. The van der Waals surface area contributed by atoms with Crippen LogP contribution < -0.4 is 4.74 Å². The van der Waals surface area contributed by atoms with Gasteiger partial charge >= 0.3 is 0 Å². The van der Waals surface area contributed by atoms with Gasteiger partial charge in [0, 0.05) is 5.56 Å². The van der Waals surface area contributed by atoms with E-state index in [1.54, 1.807) is 24.3 Å². The molecule has 0 fully saturated rings. The van der Waals surface area contributed by atoms with E-state index in [-0.39, 0.29) is 11.5 Å². The molecule has 0 spiro atoms. The zero-order chi connectivity index (χ0) is 18.1. The van der Waals surface area contributed by atoms with Gasteiger partial charge in [-0.15, -0.1) is 0 Å². The van der Waals surface area contributed by atoms with E-state index < -0.39 is 0 Å². The van der Waals surface area contributed by atoms with Crippen LogP contribution in [0.5, 0.6) is 11.5 Å². The summed E-state index contributed by atoms with van der Waals surface area (Å²) < 4.78 is 5.80. The molecule has 0 atom stereocenters. The van der Waals surface area contributed by atoms with Crippen LogP contribution in [-0.2, 0) is 0 Å². The second-order valence-electron chi connectivity index (χ2n) is 6.47. The predicted molar refractivity (Wildman–Crippen MR) is 102 cm³/mol. The number of ether oxygens (including phenoxy) is 1. The standard InChI is InChI=1S/C22H28O3/c1-3-4-5-6-7-11-14-25-22-19(15-17(2)16-20(22)23)21(24)18-12-9-8-10-13-18/h8-10,12-13,15-16,23H,3-7,11,14H2,1-2H3. The number of hydrogen-bond acceptors (Lipinski definition) is 3. The fraction of sp³-hybridized carbons (Fsp3) is 0.409. The molecule has 0 aliphatic rings. The third-order valence-corrected chi connectivity index (χ3v) is 4.24. The van der Waals surface area contributed by atoms with Crippen LogP contribution in [0.4, 0.5) is 0 Å². The van der Waals surface area contributed by atoms with Gasteiger partial charge in [-0.05, 0) is 31.0 Å². The van der Waals surface area contributed by atoms with Gasteiger partial charge in [0.05, 0.1) is 12.2 Å². The molecule has 2 aromatic rings. The summed E-state index contributed by atoms with van der Waals surface area (Å²) >= 11 is 0. The monoisotopic (exact) mass is 340 g/mol. The number of phenols is 1. The Hall–Kier alpha value is -2.29. The molecule has 3 heteroatoms. The summed E-state index contributed by atoms with van der Waals surface area (Å²) in [4.78, 5) is 12.8. The van der Waals surface area contributed by atoms with Crippen LogP contribution in [-0.4, -0.2) is 17.5 Å². The van der Waals surface area contributed by atoms with Crippen LogP contribution in [0.2, 0.25) is 0 Å². The highest BCUT2D eigenvalue weighted by Gasteiger charge is 2.18. The molecule has 1 N–H and O–H groups in total. The Morgan fingerprint density at radius 2 is 1.68 bits per heavy atom. The molecule has 0 bridgehead atoms. The first-order valence-corrected chi connectivity index (χ1v) is 9.19. The Balaban J connectivity index is 2.06. The van der Waals surface area contributed by atoms with Crippen molar-refractivity contribution in [3.63, 3.8) is 0 Å². The highest BCUT2D eigenvalue weighted by Crippen LogP contribution is 2.33. The molecular formula is C22H28O3. The van der Waals surface area contributed by atoms with Crippen molar-refractivity contribution in [2.45, 2.75) is 52.4 Å². The normalized spacial score (nSPS) is 10.6. The van der Waals surface area contributed by atoms with E-state index in [9.17, 15) is 9.90 Å². The van der Waals surface area contributed by atoms with Gasteiger partial charge in [0.25, 0.3) is 0 Å². The maximum atomic E-state index is 12.8. The number of rotatable bonds is 10. The first-order chi connectivity index (χ1) is 12.1. The number of phenolic OH excluding ortho intramolecular Hbond substituents is 1. The van der Waals surface area contributed by atoms with Crippen molar-refractivity contribution in [3.05, 3.63) is 59.2 Å². The lowest BCUT2D eigenvalue weighted by atomic mass is 10.00. The van der Waals surface area contributed by atoms with Gasteiger partial charge in [0.1, 0.15) is 0 Å². The summed E-state index contributed by atoms with van der Waals surface area (Å²) in [5.41, 5.74) is 1.86. The molecule has 2 aromatic carbocycles. The fourth-order valence-corrected chi connectivity index (χ4v) is 2.88. The van der Waals surface area contributed by atoms with Gasteiger partial charge < -0.3 is 9.84 Å². The van der Waals surface area contributed by atoms with Crippen LogP contribution in [0.25, 0.3) is 0 Å². The molecule has 3 nitrogen and oxygen atoms in total. The van der Waals surface area contributed by atoms with Gasteiger partial charge in [-0.2, -0.15) is 0 Å². The van der Waals surface area contributed by atoms with Crippen LogP contribution in [0.3, 0.4) is 0 Å². The zero-order valence-corrected chi connectivity index (χ0v) is 15.3. The molecule has 0 radical (unpaired) electrons. The number of aromatic hydroxyl groups is 1. The van der Waals surface area contributed by atoms with Gasteiger partial charge in [0.2, 0.25) is 0 Å². The van der Waals surface area contributed by atoms with Gasteiger partial charge in [-0.3, -0.25) is 4.79 Å². The topological polar surface area (TPSA) is 46.5 Å². The third kappa shape index (κ3) is 5.63. The highest BCUT2D eigenvalue weighted by atomic mass is 16.5. The molecule has 0 saturated heterocycles. The molecule has 0 aliphatic carbocycles. The van der Waals surface area contributed by atoms with Crippen molar-refractivity contribution >= 4 is 5.78 Å². The molecule has 0 aliphatic heterocycles. The molecule has 134 valence electrons. The minimum absolute atomic E-state index is 0.0327. The third-order valence-electron chi connectivity index (χ3n) is 4.24. The van der Waals surface area contributed by atoms with E-state index >= 15 is 0 Å². The van der Waals surface area contributed by atoms with E-state index in [4.69, 9.17) is 4.74 Å². The van der Waals surface area contributed by atoms with Crippen LogP contribution in [0.15, 0.2) is 42.5 Å². The number of carbonyl (C=O) groups excluding carboxylic acids is 1. The zero-order valence-electron chi connectivity index (χ0n) is 15.3. The molecule has 0 unspecified atom stereocenters. The van der Waals surface area contributed by atoms with Crippen molar-refractivity contribution in [3.8, 4) is 11.5 Å². The van der Waals surface area contributed by atoms with Crippen molar-refractivity contribution in [2.24, 2.45) is 0 Å². The summed E-state index contributed by atoms with van der Waals surface area (Å²) in [6, 6.07) is 12.5. The Morgan fingerprint density at radius 3 is 2.40 bits per heavy atom. The quantitative estimate of drug-likeness (QED) is 0.448. The number of carbonyl (C=O) groups is 1. The van der Waals surface area contributed by atoms with E-state index in [2.05, 4.69) is 6.92 Å². The first-order valence-electron chi connectivity index (χ1n) is 9.19. The van der Waals surface area contributed by atoms with E-state index in [0.717, 1.165) is 18.4 Å². The number of aryl methyl sites for hydroxylation is 1. The largest absolute Gasteiger partial charge is 0.504 e. The van der Waals surface area contributed by atoms with Gasteiger partial charge in [-0.25, -0.2) is 0 Å². The van der Waals surface area contributed by atoms with Gasteiger partial charge in [0.15, 0.2) is 17.3 Å². The lowest BCUT2D eigenvalue weighted by Crippen LogP contribution is -2.07. The summed E-state index contributed by atoms with van der Waals surface area (Å²) in [5, 5.41) is 10.3. The average Bonchev–Trinajstić information content (AvgIpc) is 2.62. The average molecular weight is 340 g/mol. The maximum Gasteiger partial charge on any atom is 0.196 e. The fourth-order valence-electron chi connectivity index (χ4n) is 2.88. The molecule has 2 rings (SSSR count).